The van der Waals surface area contributed by atoms with E-state index in [1.807, 2.05) is 0 Å². The van der Waals surface area contributed by atoms with E-state index in [1.165, 1.54) is 0 Å². The van der Waals surface area contributed by atoms with E-state index in [2.05, 4.69) is 0 Å². The highest BCUT2D eigenvalue weighted by molar-refractivity contribution is 5.61. The number of fused-ring (bicyclic) bond motifs is 1. The molecule has 1 heterocycles. The van der Waals surface area contributed by atoms with Gasteiger partial charge in [0.15, 0.2) is 0 Å². The Morgan fingerprint density at radius 3 is 3.17 bits per heavy atom. The van der Waals surface area contributed by atoms with Crippen LogP contribution in [-0.2, 0) is 0 Å². The molecule has 2 rings (SSSR count). The molecule has 1 aromatic carbocycles. The molecule has 12 heavy (non-hydrogen) atoms. The van der Waals surface area contributed by atoms with Crippen molar-refractivity contribution >= 4 is 5.69 Å². The number of phenolic OH excluding ortho intramolecular Hbond substituents is 1. The first kappa shape index (κ1) is 7.24. The van der Waals surface area contributed by atoms with E-state index in [0.29, 0.717) is 13.2 Å². The van der Waals surface area contributed by atoms with Gasteiger partial charge in [0.2, 0.25) is 0 Å². The van der Waals surface area contributed by atoms with Crippen molar-refractivity contribution in [1.29, 1.82) is 0 Å². The Labute approximate surface area is 70.1 Å². The number of aromatic hydroxyl groups is 1. The second kappa shape index (κ2) is 2.57. The number of nitrogens with two attached hydrogens (primary N) is 1. The predicted molar refractivity (Wildman–Crippen MR) is 45.1 cm³/mol. The summed E-state index contributed by atoms with van der Waals surface area (Å²) < 4.78 is 5.32. The smallest absolute Gasteiger partial charge is 0.144 e. The summed E-state index contributed by atoms with van der Waals surface area (Å²) in [6.07, 6.45) is 0. The summed E-state index contributed by atoms with van der Waals surface area (Å²) in [5.74, 6) is 6.58. The maximum Gasteiger partial charge on any atom is 0.144 e. The van der Waals surface area contributed by atoms with Crippen LogP contribution in [0.1, 0.15) is 0 Å². The van der Waals surface area contributed by atoms with E-state index in [9.17, 15) is 0 Å². The SMILES string of the molecule is NN1CCOc2ccc(O)cc21. The third-order valence-electron chi connectivity index (χ3n) is 1.84. The number of hydrogen-bond acceptors (Lipinski definition) is 4. The molecule has 64 valence electrons. The molecule has 0 fully saturated rings. The molecule has 0 radical (unpaired) electrons. The lowest BCUT2D eigenvalue weighted by atomic mass is 10.2. The van der Waals surface area contributed by atoms with Crippen LogP contribution in [0.4, 0.5) is 5.69 Å². The average molecular weight is 166 g/mol. The number of hydrogen-bond donors (Lipinski definition) is 2. The Morgan fingerprint density at radius 1 is 1.50 bits per heavy atom. The molecule has 0 spiro atoms. The van der Waals surface area contributed by atoms with Crippen molar-refractivity contribution in [2.45, 2.75) is 0 Å². The van der Waals surface area contributed by atoms with Gasteiger partial charge in [0, 0.05) is 6.07 Å². The van der Waals surface area contributed by atoms with Gasteiger partial charge in [-0.2, -0.15) is 0 Å². The maximum atomic E-state index is 9.17. The van der Waals surface area contributed by atoms with Crippen LogP contribution in [0.15, 0.2) is 18.2 Å². The van der Waals surface area contributed by atoms with Gasteiger partial charge >= 0.3 is 0 Å². The van der Waals surface area contributed by atoms with Crippen molar-refractivity contribution < 1.29 is 9.84 Å². The average Bonchev–Trinajstić information content (AvgIpc) is 2.07. The fourth-order valence-electron chi connectivity index (χ4n) is 1.23. The minimum absolute atomic E-state index is 0.203. The molecule has 4 nitrogen and oxygen atoms in total. The van der Waals surface area contributed by atoms with E-state index in [0.717, 1.165) is 11.4 Å². The van der Waals surface area contributed by atoms with Gasteiger partial charge in [-0.25, -0.2) is 5.84 Å². The summed E-state index contributed by atoms with van der Waals surface area (Å²) in [5, 5.41) is 10.7. The standard InChI is InChI=1S/C8H10N2O2/c9-10-3-4-12-8-2-1-6(11)5-7(8)10/h1-2,5,11H,3-4,9H2. The second-order valence-electron chi connectivity index (χ2n) is 2.69. The van der Waals surface area contributed by atoms with Crippen molar-refractivity contribution in [1.82, 2.24) is 0 Å². The second-order valence-corrected chi connectivity index (χ2v) is 2.69. The molecule has 3 N–H and O–H groups in total. The lowest BCUT2D eigenvalue weighted by molar-refractivity contribution is 0.307. The molecule has 1 aliphatic heterocycles. The molecule has 0 aromatic heterocycles. The van der Waals surface area contributed by atoms with Gasteiger partial charge in [-0.15, -0.1) is 0 Å². The monoisotopic (exact) mass is 166 g/mol. The highest BCUT2D eigenvalue weighted by Crippen LogP contribution is 2.32. The van der Waals surface area contributed by atoms with E-state index < -0.39 is 0 Å². The number of phenols is 1. The molecule has 0 atom stereocenters. The number of benzene rings is 1. The summed E-state index contributed by atoms with van der Waals surface area (Å²) in [6.45, 7) is 1.24. The van der Waals surface area contributed by atoms with Gasteiger partial charge in [-0.3, -0.25) is 0 Å². The lowest BCUT2D eigenvalue weighted by Crippen LogP contribution is -2.38. The quantitative estimate of drug-likeness (QED) is 0.550. The number of rotatable bonds is 0. The zero-order valence-electron chi connectivity index (χ0n) is 6.53. The summed E-state index contributed by atoms with van der Waals surface area (Å²) in [4.78, 5) is 0. The Kier molecular flexibility index (Phi) is 1.55. The molecular formula is C8H10N2O2. The van der Waals surface area contributed by atoms with Gasteiger partial charge in [0.25, 0.3) is 0 Å². The number of hydrazine groups is 1. The predicted octanol–water partition coefficient (Wildman–Crippen LogP) is 0.465. The van der Waals surface area contributed by atoms with Crippen LogP contribution in [-0.4, -0.2) is 18.3 Å². The molecule has 1 aliphatic rings. The van der Waals surface area contributed by atoms with Gasteiger partial charge in [0.05, 0.1) is 12.2 Å². The Hall–Kier alpha value is -1.42. The van der Waals surface area contributed by atoms with Crippen LogP contribution >= 0.6 is 0 Å². The molecule has 0 unspecified atom stereocenters. The summed E-state index contributed by atoms with van der Waals surface area (Å²) in [5.41, 5.74) is 0.737. The first-order chi connectivity index (χ1) is 5.77. The molecular weight excluding hydrogens is 156 g/mol. The third kappa shape index (κ3) is 1.06. The molecule has 0 saturated carbocycles. The largest absolute Gasteiger partial charge is 0.508 e. The first-order valence-corrected chi connectivity index (χ1v) is 3.75. The number of nitrogens with zero attached hydrogens (tertiary/aromatic N) is 1. The van der Waals surface area contributed by atoms with Crippen LogP contribution < -0.4 is 15.6 Å². The molecule has 4 heteroatoms. The van der Waals surface area contributed by atoms with Crippen LogP contribution in [0.25, 0.3) is 0 Å². The fraction of sp³-hybridized carbons (Fsp3) is 0.250. The minimum Gasteiger partial charge on any atom is -0.508 e. The minimum atomic E-state index is 0.203. The maximum absolute atomic E-state index is 9.17. The summed E-state index contributed by atoms with van der Waals surface area (Å²) in [6, 6.07) is 4.89. The normalized spacial score (nSPS) is 15.2. The number of anilines is 1. The van der Waals surface area contributed by atoms with Crippen LogP contribution in [0, 0.1) is 0 Å². The third-order valence-corrected chi connectivity index (χ3v) is 1.84. The van der Waals surface area contributed by atoms with Crippen molar-refractivity contribution in [2.75, 3.05) is 18.2 Å². The van der Waals surface area contributed by atoms with E-state index >= 15 is 0 Å². The lowest BCUT2D eigenvalue weighted by Gasteiger charge is -2.26. The molecule has 1 aromatic rings. The van der Waals surface area contributed by atoms with Crippen molar-refractivity contribution in [3.05, 3.63) is 18.2 Å². The van der Waals surface area contributed by atoms with Crippen LogP contribution in [0.5, 0.6) is 11.5 Å². The Balaban J connectivity index is 2.47. The van der Waals surface area contributed by atoms with Gasteiger partial charge in [0.1, 0.15) is 18.1 Å². The topological polar surface area (TPSA) is 58.7 Å². The van der Waals surface area contributed by atoms with Gasteiger partial charge in [-0.05, 0) is 12.1 Å². The van der Waals surface area contributed by atoms with Gasteiger partial charge in [-0.1, -0.05) is 0 Å². The Bertz CT molecular complexity index is 301. The molecule has 0 saturated heterocycles. The van der Waals surface area contributed by atoms with Crippen LogP contribution in [0.3, 0.4) is 0 Å². The van der Waals surface area contributed by atoms with Gasteiger partial charge < -0.3 is 14.9 Å². The first-order valence-electron chi connectivity index (χ1n) is 3.75. The molecule has 0 amide bonds. The number of ether oxygens (including phenoxy) is 1. The van der Waals surface area contributed by atoms with Crippen molar-refractivity contribution in [2.24, 2.45) is 5.84 Å². The zero-order valence-corrected chi connectivity index (χ0v) is 6.53. The fourth-order valence-corrected chi connectivity index (χ4v) is 1.23. The van der Waals surface area contributed by atoms with Crippen LogP contribution in [0.2, 0.25) is 0 Å². The van der Waals surface area contributed by atoms with E-state index in [4.69, 9.17) is 15.7 Å². The molecule has 0 aliphatic carbocycles. The van der Waals surface area contributed by atoms with E-state index in [1.54, 1.807) is 23.2 Å². The van der Waals surface area contributed by atoms with E-state index in [-0.39, 0.29) is 5.75 Å². The summed E-state index contributed by atoms with van der Waals surface area (Å²) in [7, 11) is 0. The summed E-state index contributed by atoms with van der Waals surface area (Å²) >= 11 is 0. The highest BCUT2D eigenvalue weighted by atomic mass is 16.5. The highest BCUT2D eigenvalue weighted by Gasteiger charge is 2.14. The zero-order chi connectivity index (χ0) is 8.55. The Morgan fingerprint density at radius 2 is 2.33 bits per heavy atom. The molecule has 0 bridgehead atoms. The van der Waals surface area contributed by atoms with Crippen molar-refractivity contribution in [3.63, 3.8) is 0 Å². The van der Waals surface area contributed by atoms with Crippen molar-refractivity contribution in [3.8, 4) is 11.5 Å².